The topological polar surface area (TPSA) is 140 Å². The molecule has 296 valence electrons. The maximum absolute atomic E-state index is 15.1. The van der Waals surface area contributed by atoms with E-state index in [0.29, 0.717) is 70.6 Å². The van der Waals surface area contributed by atoms with Crippen LogP contribution < -0.4 is 24.2 Å². The number of anilines is 5. The fraction of sp³-hybridized carbons (Fsp3) is 0.239. The summed E-state index contributed by atoms with van der Waals surface area (Å²) in [5.74, 6) is 0.456. The number of nitrogens with zero attached hydrogens (tertiary/aromatic N) is 6. The van der Waals surface area contributed by atoms with Crippen LogP contribution >= 0.6 is 0 Å². The van der Waals surface area contributed by atoms with Gasteiger partial charge in [0.25, 0.3) is 17.7 Å². The summed E-state index contributed by atoms with van der Waals surface area (Å²) in [5.41, 5.74) is 4.75. The zero-order valence-corrected chi connectivity index (χ0v) is 32.2. The lowest BCUT2D eigenvalue weighted by Gasteiger charge is -2.31. The van der Waals surface area contributed by atoms with E-state index < -0.39 is 11.7 Å². The van der Waals surface area contributed by atoms with E-state index in [1.807, 2.05) is 128 Å². The van der Waals surface area contributed by atoms with Crippen LogP contribution in [0.3, 0.4) is 0 Å². The number of carbonyl (C=O) groups excluding carboxylic acids is 3. The average molecular weight is 789 g/mol. The van der Waals surface area contributed by atoms with Gasteiger partial charge in [0.15, 0.2) is 18.8 Å². The Kier molecular flexibility index (Phi) is 8.99. The van der Waals surface area contributed by atoms with Gasteiger partial charge in [-0.05, 0) is 78.6 Å². The highest BCUT2D eigenvalue weighted by Crippen LogP contribution is 2.55. The average Bonchev–Trinajstić information content (AvgIpc) is 3.95. The smallest absolute Gasteiger partial charge is 0.269 e. The van der Waals surface area contributed by atoms with E-state index in [2.05, 4.69) is 10.3 Å². The van der Waals surface area contributed by atoms with Crippen molar-refractivity contribution in [1.82, 2.24) is 15.0 Å². The van der Waals surface area contributed by atoms with Crippen LogP contribution in [0.2, 0.25) is 0 Å². The number of fused-ring (bicyclic) bond motifs is 4. The normalized spacial score (nSPS) is 21.3. The zero-order chi connectivity index (χ0) is 40.3. The Morgan fingerprint density at radius 3 is 2.08 bits per heavy atom. The number of para-hydroxylation sites is 4. The number of hydrogen-bond donors (Lipinski definition) is 1. The van der Waals surface area contributed by atoms with Crippen LogP contribution in [0.25, 0.3) is 0 Å². The lowest BCUT2D eigenvalue weighted by Crippen LogP contribution is -2.43. The molecule has 59 heavy (non-hydrogen) atoms. The fourth-order valence-corrected chi connectivity index (χ4v) is 8.87. The molecule has 1 fully saturated rings. The van der Waals surface area contributed by atoms with Gasteiger partial charge >= 0.3 is 0 Å². The number of aliphatic hydroxyl groups excluding tert-OH is 1. The largest absolute Gasteiger partial charge is 0.482 e. The molecule has 0 saturated carbocycles. The van der Waals surface area contributed by atoms with E-state index in [1.54, 1.807) is 25.6 Å². The number of hydrogen-bond acceptors (Lipinski definition) is 9. The third kappa shape index (κ3) is 6.21. The van der Waals surface area contributed by atoms with Crippen LogP contribution in [0.1, 0.15) is 48.3 Å². The van der Waals surface area contributed by atoms with Gasteiger partial charge in [-0.25, -0.2) is 0 Å². The summed E-state index contributed by atoms with van der Waals surface area (Å²) >= 11 is 0. The molecule has 5 heterocycles. The van der Waals surface area contributed by atoms with Crippen LogP contribution in [-0.2, 0) is 37.8 Å². The number of amides is 3. The molecule has 1 saturated heterocycles. The van der Waals surface area contributed by atoms with Crippen molar-refractivity contribution in [3.8, 4) is 11.5 Å². The Hall–Kier alpha value is -6.83. The first-order chi connectivity index (χ1) is 28.8. The summed E-state index contributed by atoms with van der Waals surface area (Å²) in [6.07, 6.45) is 1.71. The van der Waals surface area contributed by atoms with Gasteiger partial charge in [-0.2, -0.15) is 0 Å². The van der Waals surface area contributed by atoms with Crippen molar-refractivity contribution in [2.75, 3.05) is 27.9 Å². The van der Waals surface area contributed by atoms with Gasteiger partial charge in [0.1, 0.15) is 23.3 Å². The zero-order valence-electron chi connectivity index (χ0n) is 32.2. The van der Waals surface area contributed by atoms with Gasteiger partial charge in [0, 0.05) is 29.4 Å². The molecule has 1 N–H and O–H groups in total. The number of aromatic nitrogens is 3. The lowest BCUT2D eigenvalue weighted by molar-refractivity contribution is -0.146. The van der Waals surface area contributed by atoms with Crippen LogP contribution in [0.4, 0.5) is 28.4 Å². The number of aryl methyl sites for hydroxylation is 1. The van der Waals surface area contributed by atoms with Crippen LogP contribution in [0, 0.1) is 5.92 Å². The van der Waals surface area contributed by atoms with E-state index in [1.165, 1.54) is 0 Å². The molecule has 6 aromatic rings. The van der Waals surface area contributed by atoms with E-state index in [-0.39, 0.29) is 49.5 Å². The van der Waals surface area contributed by atoms with Gasteiger partial charge in [0.2, 0.25) is 0 Å². The minimum atomic E-state index is -1.31. The Bertz CT molecular complexity index is 2600. The summed E-state index contributed by atoms with van der Waals surface area (Å²) in [7, 11) is 0. The molecule has 1 aromatic heterocycles. The van der Waals surface area contributed by atoms with Crippen LogP contribution in [0.15, 0.2) is 128 Å². The fourth-order valence-electron chi connectivity index (χ4n) is 8.87. The summed E-state index contributed by atoms with van der Waals surface area (Å²) in [5, 5.41) is 19.4. The highest BCUT2D eigenvalue weighted by Gasteiger charge is 2.60. The second-order valence-electron chi connectivity index (χ2n) is 15.4. The second-order valence-corrected chi connectivity index (χ2v) is 15.4. The molecule has 13 heteroatoms. The number of carbonyl (C=O) groups is 3. The summed E-state index contributed by atoms with van der Waals surface area (Å²) < 4.78 is 20.1. The first kappa shape index (κ1) is 36.5. The van der Waals surface area contributed by atoms with E-state index >= 15 is 4.79 Å². The first-order valence-corrected chi connectivity index (χ1v) is 19.7. The highest BCUT2D eigenvalue weighted by atomic mass is 16.5. The van der Waals surface area contributed by atoms with Gasteiger partial charge in [-0.1, -0.05) is 78.9 Å². The second kappa shape index (κ2) is 14.5. The van der Waals surface area contributed by atoms with Gasteiger partial charge in [-0.15, -0.1) is 5.10 Å². The van der Waals surface area contributed by atoms with Crippen molar-refractivity contribution >= 4 is 46.2 Å². The Morgan fingerprint density at radius 1 is 0.763 bits per heavy atom. The number of aliphatic hydroxyl groups is 1. The summed E-state index contributed by atoms with van der Waals surface area (Å²) in [6, 6.07) is 37.5. The number of rotatable bonds is 9. The minimum Gasteiger partial charge on any atom is -0.482 e. The van der Waals surface area contributed by atoms with Crippen LogP contribution in [-0.4, -0.2) is 57.1 Å². The predicted octanol–water partition coefficient (Wildman–Crippen LogP) is 6.73. The van der Waals surface area contributed by atoms with Crippen molar-refractivity contribution in [3.63, 3.8) is 0 Å². The molecule has 0 radical (unpaired) electrons. The third-order valence-electron chi connectivity index (χ3n) is 11.7. The van der Waals surface area contributed by atoms with Crippen LogP contribution in [0.5, 0.6) is 11.5 Å². The maximum atomic E-state index is 15.1. The standard InChI is InChI=1S/C46H40N6O7/c1-29-23-34(21-22-49-26-36(47-48-49)44(55)31-9-3-2-4-10-31)59-46(29)35-24-33(52-39-12-6-8-14-41(39)58-28-43(52)54)19-20-37(35)50(45(46)56)25-30-15-17-32(18-16-30)51-38-11-5-7-13-40(38)57-27-42(51)53/h2-20,24,26,29,34,44,55H,21-23,25,27-28H2,1H3/t29-,34+,44-,46+/m1/s1. The van der Waals surface area contributed by atoms with Gasteiger partial charge in [0.05, 0.1) is 35.9 Å². The molecule has 0 bridgehead atoms. The predicted molar refractivity (Wildman–Crippen MR) is 218 cm³/mol. The molecular weight excluding hydrogens is 749 g/mol. The molecule has 13 nitrogen and oxygen atoms in total. The molecule has 4 atom stereocenters. The Balaban J connectivity index is 0.953. The Labute approximate surface area is 339 Å². The van der Waals surface area contributed by atoms with Crippen molar-refractivity contribution < 1.29 is 33.7 Å². The first-order valence-electron chi connectivity index (χ1n) is 19.7. The molecule has 0 aliphatic carbocycles. The van der Waals surface area contributed by atoms with Gasteiger partial charge < -0.3 is 24.2 Å². The Morgan fingerprint density at radius 2 is 1.39 bits per heavy atom. The third-order valence-corrected chi connectivity index (χ3v) is 11.7. The van der Waals surface area contributed by atoms with E-state index in [0.717, 1.165) is 11.1 Å². The van der Waals surface area contributed by atoms with Crippen molar-refractivity contribution in [2.45, 2.75) is 50.7 Å². The summed E-state index contributed by atoms with van der Waals surface area (Å²) in [6.45, 7) is 2.60. The van der Waals surface area contributed by atoms with Crippen molar-refractivity contribution in [2.24, 2.45) is 5.92 Å². The minimum absolute atomic E-state index is 0.0556. The highest BCUT2D eigenvalue weighted by molar-refractivity contribution is 6.10. The number of benzene rings is 5. The molecule has 0 unspecified atom stereocenters. The van der Waals surface area contributed by atoms with Gasteiger partial charge in [-0.3, -0.25) is 28.9 Å². The molecule has 10 rings (SSSR count). The van der Waals surface area contributed by atoms with E-state index in [9.17, 15) is 14.7 Å². The molecule has 4 aliphatic heterocycles. The molecule has 5 aromatic carbocycles. The summed E-state index contributed by atoms with van der Waals surface area (Å²) in [4.78, 5) is 46.6. The lowest BCUT2D eigenvalue weighted by atomic mass is 9.82. The van der Waals surface area contributed by atoms with Crippen molar-refractivity contribution in [1.29, 1.82) is 0 Å². The van der Waals surface area contributed by atoms with Crippen molar-refractivity contribution in [3.05, 3.63) is 150 Å². The SMILES string of the molecule is C[C@@H]1C[C@H](CCn2cc([C@H](O)c3ccccc3)nn2)O[C@@]12C(=O)N(Cc1ccc(N3C(=O)COc4ccccc43)cc1)c1ccc(N3C(=O)COc4ccccc43)cc12. The quantitative estimate of drug-likeness (QED) is 0.169. The maximum Gasteiger partial charge on any atom is 0.269 e. The molecule has 1 spiro atoms. The number of ether oxygens (including phenoxy) is 3. The molecular formula is C46H40N6O7. The monoisotopic (exact) mass is 788 g/mol. The molecule has 4 aliphatic rings. The molecule has 3 amide bonds. The van der Waals surface area contributed by atoms with E-state index in [4.69, 9.17) is 14.2 Å².